The number of ether oxygens (including phenoxy) is 2. The number of morpholine rings is 1. The minimum absolute atomic E-state index is 0.534. The molecule has 0 amide bonds. The third-order valence-electron chi connectivity index (χ3n) is 6.45. The van der Waals surface area contributed by atoms with Crippen LogP contribution in [-0.2, 0) is 17.7 Å². The molecule has 1 aromatic rings. The van der Waals surface area contributed by atoms with Gasteiger partial charge < -0.3 is 20.1 Å². The van der Waals surface area contributed by atoms with Gasteiger partial charge in [0, 0.05) is 50.0 Å². The van der Waals surface area contributed by atoms with Crippen LogP contribution >= 0.6 is 0 Å². The van der Waals surface area contributed by atoms with Crippen molar-refractivity contribution in [1.82, 2.24) is 15.5 Å². The molecule has 6 nitrogen and oxygen atoms in total. The van der Waals surface area contributed by atoms with Crippen molar-refractivity contribution in [2.45, 2.75) is 71.9 Å². The van der Waals surface area contributed by atoms with Crippen LogP contribution in [0, 0.1) is 0 Å². The highest BCUT2D eigenvalue weighted by Gasteiger charge is 2.18. The Hall–Kier alpha value is -1.73. The molecule has 1 atom stereocenters. The molecule has 1 unspecified atom stereocenters. The summed E-state index contributed by atoms with van der Waals surface area (Å²) >= 11 is 0. The van der Waals surface area contributed by atoms with Gasteiger partial charge in [0.2, 0.25) is 0 Å². The summed E-state index contributed by atoms with van der Waals surface area (Å²) in [7, 11) is 3.75. The van der Waals surface area contributed by atoms with Crippen LogP contribution in [-0.4, -0.2) is 76.7 Å². The van der Waals surface area contributed by atoms with E-state index >= 15 is 0 Å². The lowest BCUT2D eigenvalue weighted by molar-refractivity contribution is 0.0322. The summed E-state index contributed by atoms with van der Waals surface area (Å²) in [4.78, 5) is 6.91. The Morgan fingerprint density at radius 1 is 1.14 bits per heavy atom. The summed E-state index contributed by atoms with van der Waals surface area (Å²) in [6.07, 6.45) is 9.88. The lowest BCUT2D eigenvalue weighted by Gasteiger charge is -2.28. The zero-order valence-corrected chi connectivity index (χ0v) is 23.0. The molecule has 2 fully saturated rings. The maximum atomic E-state index is 6.05. The molecule has 0 spiro atoms. The minimum atomic E-state index is 0.534. The van der Waals surface area contributed by atoms with Crippen molar-refractivity contribution < 1.29 is 9.47 Å². The van der Waals surface area contributed by atoms with E-state index < -0.39 is 0 Å². The SMILES string of the molecule is C1=C2CCCCC2=NCC1.CC.CC1Cc2c(cccc2OCCN2CCOCC2)CN1.CNC. The Kier molecular flexibility index (Phi) is 14.9. The van der Waals surface area contributed by atoms with Gasteiger partial charge in [-0.1, -0.05) is 32.1 Å². The number of nitrogens with zero attached hydrogens (tertiary/aromatic N) is 2. The number of hydrogen-bond donors (Lipinski definition) is 2. The summed E-state index contributed by atoms with van der Waals surface area (Å²) in [5, 5.41) is 6.25. The van der Waals surface area contributed by atoms with Crippen molar-refractivity contribution in [3.8, 4) is 5.75 Å². The van der Waals surface area contributed by atoms with E-state index in [1.807, 2.05) is 27.9 Å². The maximum Gasteiger partial charge on any atom is 0.122 e. The third kappa shape index (κ3) is 10.4. The highest BCUT2D eigenvalue weighted by molar-refractivity contribution is 6.01. The second-order valence-electron chi connectivity index (χ2n) is 9.24. The quantitative estimate of drug-likeness (QED) is 0.650. The zero-order valence-electron chi connectivity index (χ0n) is 23.0. The van der Waals surface area contributed by atoms with Gasteiger partial charge in [-0.3, -0.25) is 9.89 Å². The first kappa shape index (κ1) is 29.5. The standard InChI is InChI=1S/C16H24N2O2.C9H13N.C2H7N.C2H6/c1-13-11-15-14(12-17-13)3-2-4-16(15)20-10-7-18-5-8-19-9-6-18;1-2-6-9-8(4-1)5-3-7-10-9;1-3-2;1-2/h2-4,13,17H,5-12H2,1H3;5H,1-4,6-7H2;3H,1-2H3;1-2H3. The van der Waals surface area contributed by atoms with Crippen molar-refractivity contribution in [3.05, 3.63) is 41.0 Å². The summed E-state index contributed by atoms with van der Waals surface area (Å²) in [6.45, 7) is 13.7. The molecule has 3 heterocycles. The molecule has 0 bridgehead atoms. The van der Waals surface area contributed by atoms with Crippen LogP contribution in [0.5, 0.6) is 5.75 Å². The van der Waals surface area contributed by atoms with Crippen molar-refractivity contribution in [2.75, 3.05) is 60.1 Å². The topological polar surface area (TPSA) is 58.1 Å². The first-order valence-corrected chi connectivity index (χ1v) is 13.8. The fraction of sp³-hybridized carbons (Fsp3) is 0.690. The third-order valence-corrected chi connectivity index (χ3v) is 6.45. The minimum Gasteiger partial charge on any atom is -0.492 e. The van der Waals surface area contributed by atoms with E-state index in [1.54, 1.807) is 5.57 Å². The van der Waals surface area contributed by atoms with Crippen LogP contribution in [0.25, 0.3) is 0 Å². The Balaban J connectivity index is 0.000000240. The van der Waals surface area contributed by atoms with Crippen LogP contribution in [0.15, 0.2) is 34.8 Å². The van der Waals surface area contributed by atoms with Crippen LogP contribution in [0.3, 0.4) is 0 Å². The highest BCUT2D eigenvalue weighted by Crippen LogP contribution is 2.27. The lowest BCUT2D eigenvalue weighted by atomic mass is 9.91. The van der Waals surface area contributed by atoms with E-state index in [1.165, 1.54) is 48.9 Å². The van der Waals surface area contributed by atoms with Crippen LogP contribution in [0.2, 0.25) is 0 Å². The monoisotopic (exact) mass is 486 g/mol. The molecule has 4 aliphatic rings. The molecular weight excluding hydrogens is 436 g/mol. The van der Waals surface area contributed by atoms with E-state index in [9.17, 15) is 0 Å². The smallest absolute Gasteiger partial charge is 0.122 e. The van der Waals surface area contributed by atoms with E-state index in [4.69, 9.17) is 9.47 Å². The number of nitrogens with one attached hydrogen (secondary N) is 2. The molecule has 0 radical (unpaired) electrons. The normalized spacial score (nSPS) is 21.1. The molecule has 6 heteroatoms. The number of rotatable bonds is 4. The molecule has 3 aliphatic heterocycles. The Bertz CT molecular complexity index is 750. The second-order valence-corrected chi connectivity index (χ2v) is 9.24. The molecule has 0 aromatic heterocycles. The Morgan fingerprint density at radius 2 is 1.89 bits per heavy atom. The fourth-order valence-electron chi connectivity index (χ4n) is 4.67. The van der Waals surface area contributed by atoms with Gasteiger partial charge in [0.15, 0.2) is 0 Å². The Labute approximate surface area is 214 Å². The molecular formula is C29H50N4O2. The van der Waals surface area contributed by atoms with Crippen molar-refractivity contribution in [1.29, 1.82) is 0 Å². The van der Waals surface area contributed by atoms with Gasteiger partial charge in [0.25, 0.3) is 0 Å². The largest absolute Gasteiger partial charge is 0.492 e. The highest BCUT2D eigenvalue weighted by atomic mass is 16.5. The van der Waals surface area contributed by atoms with Gasteiger partial charge in [-0.25, -0.2) is 0 Å². The number of allylic oxidation sites excluding steroid dienone is 1. The first-order chi connectivity index (χ1) is 17.2. The fourth-order valence-corrected chi connectivity index (χ4v) is 4.67. The lowest BCUT2D eigenvalue weighted by Crippen LogP contribution is -2.38. The summed E-state index contributed by atoms with van der Waals surface area (Å²) in [5.41, 5.74) is 5.74. The van der Waals surface area contributed by atoms with E-state index in [0.717, 1.165) is 64.7 Å². The molecule has 35 heavy (non-hydrogen) atoms. The zero-order chi connectivity index (χ0) is 25.3. The molecule has 1 saturated heterocycles. The maximum absolute atomic E-state index is 6.05. The van der Waals surface area contributed by atoms with Crippen LogP contribution < -0.4 is 15.4 Å². The number of benzene rings is 1. The van der Waals surface area contributed by atoms with E-state index in [-0.39, 0.29) is 0 Å². The van der Waals surface area contributed by atoms with Gasteiger partial charge in [-0.2, -0.15) is 0 Å². The van der Waals surface area contributed by atoms with Crippen LogP contribution in [0.4, 0.5) is 0 Å². The van der Waals surface area contributed by atoms with Crippen LogP contribution in [0.1, 0.15) is 64.0 Å². The van der Waals surface area contributed by atoms with Crippen molar-refractivity contribution >= 4 is 5.71 Å². The molecule has 1 saturated carbocycles. The molecule has 198 valence electrons. The molecule has 5 rings (SSSR count). The van der Waals surface area contributed by atoms with E-state index in [0.29, 0.717) is 6.04 Å². The number of hydrogen-bond acceptors (Lipinski definition) is 6. The number of fused-ring (bicyclic) bond motifs is 2. The summed E-state index contributed by atoms with van der Waals surface area (Å²) in [6, 6.07) is 6.94. The Morgan fingerprint density at radius 3 is 2.63 bits per heavy atom. The number of dihydropyridines is 1. The van der Waals surface area contributed by atoms with Crippen molar-refractivity contribution in [3.63, 3.8) is 0 Å². The van der Waals surface area contributed by atoms with Gasteiger partial charge in [0.1, 0.15) is 12.4 Å². The van der Waals surface area contributed by atoms with Gasteiger partial charge >= 0.3 is 0 Å². The summed E-state index contributed by atoms with van der Waals surface area (Å²) < 4.78 is 11.4. The predicted molar refractivity (Wildman–Crippen MR) is 149 cm³/mol. The van der Waals surface area contributed by atoms with Crippen molar-refractivity contribution in [2.24, 2.45) is 4.99 Å². The first-order valence-electron chi connectivity index (χ1n) is 13.8. The summed E-state index contributed by atoms with van der Waals surface area (Å²) in [5.74, 6) is 1.07. The van der Waals surface area contributed by atoms with Gasteiger partial charge in [-0.15, -0.1) is 0 Å². The predicted octanol–water partition coefficient (Wildman–Crippen LogP) is 4.63. The molecule has 2 N–H and O–H groups in total. The number of aliphatic imine (C=N–C) groups is 1. The average Bonchev–Trinajstić information content (AvgIpc) is 2.92. The second kappa shape index (κ2) is 17.7. The molecule has 1 aromatic carbocycles. The average molecular weight is 487 g/mol. The van der Waals surface area contributed by atoms with Gasteiger partial charge in [-0.05, 0) is 76.7 Å². The van der Waals surface area contributed by atoms with Gasteiger partial charge in [0.05, 0.1) is 13.2 Å². The molecule has 1 aliphatic carbocycles. The van der Waals surface area contributed by atoms with E-state index in [2.05, 4.69) is 51.7 Å².